The maximum Gasteiger partial charge on any atom is 0.251 e. The van der Waals surface area contributed by atoms with Gasteiger partial charge in [0.05, 0.1) is 19.3 Å². The van der Waals surface area contributed by atoms with E-state index in [1.807, 2.05) is 0 Å². The summed E-state index contributed by atoms with van der Waals surface area (Å²) in [5.41, 5.74) is 7.18. The molecule has 2 N–H and O–H groups in total. The Morgan fingerprint density at radius 2 is 2.11 bits per heavy atom. The lowest BCUT2D eigenvalue weighted by Gasteiger charge is -2.10. The number of nitrogens with two attached hydrogens (primary N) is 1. The normalized spacial score (nSPS) is 10.5. The molecular weight excluding hydrogens is 247 g/mol. The molecule has 0 aliphatic carbocycles. The maximum atomic E-state index is 13.8. The molecule has 1 aromatic heterocycles. The van der Waals surface area contributed by atoms with Crippen molar-refractivity contribution in [2.24, 2.45) is 0 Å². The van der Waals surface area contributed by atoms with Crippen LogP contribution in [-0.4, -0.2) is 11.7 Å². The van der Waals surface area contributed by atoms with Crippen molar-refractivity contribution in [3.8, 4) is 5.75 Å². The average Bonchev–Trinajstić information content (AvgIpc) is 2.38. The van der Waals surface area contributed by atoms with E-state index in [-0.39, 0.29) is 12.1 Å². The number of aromatic nitrogens is 1. The monoisotopic (exact) mass is 262 g/mol. The molecule has 0 saturated heterocycles. The quantitative estimate of drug-likeness (QED) is 0.919. The third-order valence-electron chi connectivity index (χ3n) is 2.97. The molecule has 0 atom stereocenters. The van der Waals surface area contributed by atoms with Gasteiger partial charge in [-0.25, -0.2) is 4.39 Å². The molecule has 2 rings (SSSR count). The number of anilines is 1. The maximum absolute atomic E-state index is 13.8. The Morgan fingerprint density at radius 1 is 1.37 bits per heavy atom. The lowest BCUT2D eigenvalue weighted by atomic mass is 10.2. The molecule has 0 fully saturated rings. The third kappa shape index (κ3) is 2.76. The van der Waals surface area contributed by atoms with Gasteiger partial charge < -0.3 is 15.0 Å². The van der Waals surface area contributed by atoms with Crippen molar-refractivity contribution in [1.29, 1.82) is 0 Å². The van der Waals surface area contributed by atoms with E-state index < -0.39 is 5.82 Å². The Morgan fingerprint density at radius 3 is 2.74 bits per heavy atom. The van der Waals surface area contributed by atoms with Gasteiger partial charge in [0, 0.05) is 23.9 Å². The zero-order chi connectivity index (χ0) is 14.0. The number of benzene rings is 1. The van der Waals surface area contributed by atoms with E-state index in [0.717, 1.165) is 5.56 Å². The fourth-order valence-corrected chi connectivity index (χ4v) is 1.78. The molecule has 0 amide bonds. The Hall–Kier alpha value is -2.30. The van der Waals surface area contributed by atoms with Crippen molar-refractivity contribution in [3.63, 3.8) is 0 Å². The predicted molar refractivity (Wildman–Crippen MR) is 71.9 cm³/mol. The number of halogens is 1. The zero-order valence-electron chi connectivity index (χ0n) is 10.8. The molecule has 0 saturated carbocycles. The number of hydrogen-bond donors (Lipinski definition) is 1. The van der Waals surface area contributed by atoms with E-state index in [0.29, 0.717) is 17.0 Å². The van der Waals surface area contributed by atoms with Gasteiger partial charge >= 0.3 is 0 Å². The minimum absolute atomic E-state index is 0.138. The summed E-state index contributed by atoms with van der Waals surface area (Å²) in [6.45, 7) is 1.90. The molecule has 19 heavy (non-hydrogen) atoms. The highest BCUT2D eigenvalue weighted by Gasteiger charge is 2.07. The molecule has 0 spiro atoms. The van der Waals surface area contributed by atoms with Gasteiger partial charge in [0.2, 0.25) is 0 Å². The molecular formula is C14H15FN2O2. The average molecular weight is 262 g/mol. The van der Waals surface area contributed by atoms with Crippen molar-refractivity contribution >= 4 is 5.69 Å². The summed E-state index contributed by atoms with van der Waals surface area (Å²) in [4.78, 5) is 11.8. The van der Waals surface area contributed by atoms with Gasteiger partial charge in [-0.15, -0.1) is 0 Å². The second-order valence-corrected chi connectivity index (χ2v) is 4.34. The highest BCUT2D eigenvalue weighted by atomic mass is 19.1. The molecule has 1 heterocycles. The summed E-state index contributed by atoms with van der Waals surface area (Å²) in [5.74, 6) is 0.0300. The Kier molecular flexibility index (Phi) is 3.55. The first-order valence-corrected chi connectivity index (χ1v) is 5.80. The molecule has 0 aliphatic rings. The van der Waals surface area contributed by atoms with Crippen LogP contribution < -0.4 is 16.0 Å². The fourth-order valence-electron chi connectivity index (χ4n) is 1.78. The minimum atomic E-state index is -0.412. The van der Waals surface area contributed by atoms with Crippen molar-refractivity contribution in [1.82, 2.24) is 4.57 Å². The van der Waals surface area contributed by atoms with E-state index >= 15 is 0 Å². The summed E-state index contributed by atoms with van der Waals surface area (Å²) < 4.78 is 20.1. The van der Waals surface area contributed by atoms with Gasteiger partial charge in [-0.1, -0.05) is 6.07 Å². The first-order chi connectivity index (χ1) is 9.01. The number of hydrogen-bond acceptors (Lipinski definition) is 3. The number of ether oxygens (including phenoxy) is 1. The molecule has 4 nitrogen and oxygen atoms in total. The number of nitrogen functional groups attached to an aromatic ring is 1. The van der Waals surface area contributed by atoms with Gasteiger partial charge in [0.1, 0.15) is 11.6 Å². The van der Waals surface area contributed by atoms with Crippen LogP contribution in [-0.2, 0) is 6.54 Å². The number of nitrogens with zero attached hydrogens (tertiary/aromatic N) is 1. The van der Waals surface area contributed by atoms with E-state index in [1.165, 1.54) is 30.0 Å². The standard InChI is InChI=1S/C14H15FN2O2/c1-9-5-14(18)17(8-13(9)16)7-10-3-4-11(19-2)6-12(10)15/h3-6,8H,7,16H2,1-2H3. The van der Waals surface area contributed by atoms with Crippen molar-refractivity contribution in [3.05, 3.63) is 57.8 Å². The van der Waals surface area contributed by atoms with Gasteiger partial charge in [-0.3, -0.25) is 4.79 Å². The summed E-state index contributed by atoms with van der Waals surface area (Å²) in [6.07, 6.45) is 1.53. The summed E-state index contributed by atoms with van der Waals surface area (Å²) in [6, 6.07) is 5.98. The van der Waals surface area contributed by atoms with Crippen LogP contribution in [0.1, 0.15) is 11.1 Å². The number of pyridine rings is 1. The minimum Gasteiger partial charge on any atom is -0.497 e. The second-order valence-electron chi connectivity index (χ2n) is 4.34. The molecule has 0 aliphatic heterocycles. The summed E-state index contributed by atoms with van der Waals surface area (Å²) in [7, 11) is 1.47. The van der Waals surface area contributed by atoms with Crippen molar-refractivity contribution in [2.45, 2.75) is 13.5 Å². The van der Waals surface area contributed by atoms with Crippen molar-refractivity contribution in [2.75, 3.05) is 12.8 Å². The first kappa shape index (κ1) is 13.1. The van der Waals surface area contributed by atoms with Crippen LogP contribution in [0.3, 0.4) is 0 Å². The molecule has 100 valence electrons. The van der Waals surface area contributed by atoms with E-state index in [1.54, 1.807) is 19.1 Å². The van der Waals surface area contributed by atoms with Gasteiger partial charge in [-0.2, -0.15) is 0 Å². The van der Waals surface area contributed by atoms with Crippen molar-refractivity contribution < 1.29 is 9.13 Å². The largest absolute Gasteiger partial charge is 0.497 e. The van der Waals surface area contributed by atoms with Crippen LogP contribution in [0.15, 0.2) is 35.3 Å². The van der Waals surface area contributed by atoms with Crippen LogP contribution in [0.2, 0.25) is 0 Å². The predicted octanol–water partition coefficient (Wildman–Crippen LogP) is 1.93. The Bertz CT molecular complexity index is 665. The lowest BCUT2D eigenvalue weighted by molar-refractivity contribution is 0.410. The number of rotatable bonds is 3. The first-order valence-electron chi connectivity index (χ1n) is 5.80. The van der Waals surface area contributed by atoms with Gasteiger partial charge in [-0.05, 0) is 18.6 Å². The molecule has 2 aromatic rings. The van der Waals surface area contributed by atoms with Crippen LogP contribution in [0.25, 0.3) is 0 Å². The van der Waals surface area contributed by atoms with Crippen LogP contribution in [0, 0.1) is 12.7 Å². The lowest BCUT2D eigenvalue weighted by Crippen LogP contribution is -2.21. The van der Waals surface area contributed by atoms with E-state index in [2.05, 4.69) is 0 Å². The van der Waals surface area contributed by atoms with E-state index in [4.69, 9.17) is 10.5 Å². The van der Waals surface area contributed by atoms with Crippen LogP contribution in [0.4, 0.5) is 10.1 Å². The van der Waals surface area contributed by atoms with Gasteiger partial charge in [0.15, 0.2) is 0 Å². The zero-order valence-corrected chi connectivity index (χ0v) is 10.8. The third-order valence-corrected chi connectivity index (χ3v) is 2.97. The van der Waals surface area contributed by atoms with Gasteiger partial charge in [0.25, 0.3) is 5.56 Å². The number of aryl methyl sites for hydroxylation is 1. The highest BCUT2D eigenvalue weighted by molar-refractivity contribution is 5.43. The number of methoxy groups -OCH3 is 1. The topological polar surface area (TPSA) is 57.2 Å². The van der Waals surface area contributed by atoms with E-state index in [9.17, 15) is 9.18 Å². The molecule has 1 aromatic carbocycles. The molecule has 0 radical (unpaired) electrons. The second kappa shape index (κ2) is 5.14. The SMILES string of the molecule is COc1ccc(Cn2cc(N)c(C)cc2=O)c(F)c1. The smallest absolute Gasteiger partial charge is 0.251 e. The molecule has 0 bridgehead atoms. The van der Waals surface area contributed by atoms with Crippen LogP contribution >= 0.6 is 0 Å². The summed E-state index contributed by atoms with van der Waals surface area (Å²) >= 11 is 0. The Balaban J connectivity index is 2.36. The molecule has 5 heteroatoms. The Labute approximate surface area is 110 Å². The fraction of sp³-hybridized carbons (Fsp3) is 0.214. The highest BCUT2D eigenvalue weighted by Crippen LogP contribution is 2.17. The van der Waals surface area contributed by atoms with Crippen LogP contribution in [0.5, 0.6) is 5.75 Å². The molecule has 0 unspecified atom stereocenters. The summed E-state index contributed by atoms with van der Waals surface area (Å²) in [5, 5.41) is 0.